The smallest absolute Gasteiger partial charge is 0.222 e. The predicted molar refractivity (Wildman–Crippen MR) is 164 cm³/mol. The molecule has 0 fully saturated rings. The second-order valence-corrected chi connectivity index (χ2v) is 8.19. The molecule has 42 heavy (non-hydrogen) atoms. The summed E-state index contributed by atoms with van der Waals surface area (Å²) < 4.78 is 43.1. The van der Waals surface area contributed by atoms with Gasteiger partial charge in [-0.2, -0.15) is 5.10 Å². The third-order valence-corrected chi connectivity index (χ3v) is 4.81. The Hall–Kier alpha value is -1.75. The monoisotopic (exact) mass is 609 g/mol. The van der Waals surface area contributed by atoms with Crippen LogP contribution >= 0.6 is 0 Å². The molecule has 0 aromatic carbocycles. The molecule has 0 aliphatic carbocycles. The number of carbonyl (C=O) groups excluding carboxylic acids is 1. The first-order chi connectivity index (χ1) is 20.7. The average Bonchev–Trinajstić information content (AvgIpc) is 3.01. The van der Waals surface area contributed by atoms with Crippen molar-refractivity contribution in [2.24, 2.45) is 21.7 Å². The minimum absolute atomic E-state index is 0.0739. The van der Waals surface area contributed by atoms with Crippen molar-refractivity contribution in [3.8, 4) is 0 Å². The normalized spacial score (nSPS) is 11.6. The molecule has 14 nitrogen and oxygen atoms in total. The van der Waals surface area contributed by atoms with Crippen LogP contribution in [-0.4, -0.2) is 143 Å². The molecule has 14 heteroatoms. The van der Waals surface area contributed by atoms with Crippen molar-refractivity contribution in [1.29, 1.82) is 0 Å². The highest BCUT2D eigenvalue weighted by molar-refractivity contribution is 6.30. The maximum Gasteiger partial charge on any atom is 0.222 e. The van der Waals surface area contributed by atoms with E-state index in [1.165, 1.54) is 0 Å². The lowest BCUT2D eigenvalue weighted by molar-refractivity contribution is -0.122. The maximum absolute atomic E-state index is 11.7. The van der Waals surface area contributed by atoms with Crippen molar-refractivity contribution >= 4 is 17.8 Å². The lowest BCUT2D eigenvalue weighted by Crippen LogP contribution is -2.28. The molecule has 0 radical (unpaired) electrons. The van der Waals surface area contributed by atoms with Crippen LogP contribution in [0.5, 0.6) is 0 Å². The molecule has 0 bridgehead atoms. The minimum Gasteiger partial charge on any atom is -0.379 e. The van der Waals surface area contributed by atoms with Crippen LogP contribution in [0.3, 0.4) is 0 Å². The number of ether oxygens (including phenoxy) is 8. The van der Waals surface area contributed by atoms with Gasteiger partial charge >= 0.3 is 0 Å². The van der Waals surface area contributed by atoms with Crippen LogP contribution in [0.4, 0.5) is 0 Å². The fourth-order valence-corrected chi connectivity index (χ4v) is 2.83. The lowest BCUT2D eigenvalue weighted by atomic mass is 10.2. The molecule has 0 rings (SSSR count). The zero-order chi connectivity index (χ0) is 31.2. The van der Waals surface area contributed by atoms with Gasteiger partial charge < -0.3 is 54.8 Å². The quantitative estimate of drug-likeness (QED) is 0.0425. The first-order valence-electron chi connectivity index (χ1n) is 15.1. The molecular weight excluding hydrogens is 550 g/mol. The summed E-state index contributed by atoms with van der Waals surface area (Å²) >= 11 is 0. The summed E-state index contributed by atoms with van der Waals surface area (Å²) in [4.78, 5) is 15.9. The molecule has 0 unspecified atom stereocenters. The van der Waals surface area contributed by atoms with Gasteiger partial charge in [0, 0.05) is 25.7 Å². The van der Waals surface area contributed by atoms with Crippen LogP contribution in [0.1, 0.15) is 40.0 Å². The van der Waals surface area contributed by atoms with E-state index >= 15 is 0 Å². The minimum atomic E-state index is -0.0739. The molecule has 1 amide bonds. The zero-order valence-corrected chi connectivity index (χ0v) is 26.4. The van der Waals surface area contributed by atoms with Gasteiger partial charge in [-0.15, -0.1) is 0 Å². The van der Waals surface area contributed by atoms with E-state index in [-0.39, 0.29) is 5.91 Å². The number of aliphatic imine (C=N–C) groups is 1. The number of nitrogens with zero attached hydrogens (tertiary/aromatic N) is 2. The van der Waals surface area contributed by atoms with Crippen molar-refractivity contribution in [3.63, 3.8) is 0 Å². The number of nitrogens with one attached hydrogen (secondary N) is 1. The van der Waals surface area contributed by atoms with Crippen LogP contribution in [0, 0.1) is 0 Å². The predicted octanol–water partition coefficient (Wildman–Crippen LogP) is 0.796. The highest BCUT2D eigenvalue weighted by Gasteiger charge is 2.01. The molecule has 0 spiro atoms. The summed E-state index contributed by atoms with van der Waals surface area (Å²) in [6, 6.07) is 0. The van der Waals surface area contributed by atoms with E-state index in [0.717, 1.165) is 18.6 Å². The highest BCUT2D eigenvalue weighted by atomic mass is 16.6. The van der Waals surface area contributed by atoms with Gasteiger partial charge in [0.25, 0.3) is 0 Å². The zero-order valence-electron chi connectivity index (χ0n) is 26.4. The SMILES string of the molecule is CC.CCC/C(C=NCCOCCOCCOCCOCCOCCOCCNC(=O)CCOCCOCCN)=N/N. The van der Waals surface area contributed by atoms with Crippen LogP contribution in [0.15, 0.2) is 10.1 Å². The Balaban J connectivity index is 0. The third-order valence-electron chi connectivity index (χ3n) is 4.81. The van der Waals surface area contributed by atoms with Crippen molar-refractivity contribution in [1.82, 2.24) is 5.32 Å². The van der Waals surface area contributed by atoms with E-state index in [9.17, 15) is 4.79 Å². The fraction of sp³-hybridized carbons (Fsp3) is 0.893. The summed E-state index contributed by atoms with van der Waals surface area (Å²) in [5.41, 5.74) is 6.11. The number of carbonyl (C=O) groups is 1. The number of hydrazone groups is 1. The largest absolute Gasteiger partial charge is 0.379 e. The number of hydrogen-bond acceptors (Lipinski definition) is 13. The van der Waals surface area contributed by atoms with Crippen LogP contribution < -0.4 is 16.9 Å². The number of rotatable bonds is 32. The first-order valence-corrected chi connectivity index (χ1v) is 15.1. The van der Waals surface area contributed by atoms with E-state index in [1.54, 1.807) is 6.21 Å². The maximum atomic E-state index is 11.7. The second-order valence-electron chi connectivity index (χ2n) is 8.19. The summed E-state index contributed by atoms with van der Waals surface area (Å²) in [7, 11) is 0. The molecule has 0 aromatic rings. The van der Waals surface area contributed by atoms with Gasteiger partial charge in [-0.1, -0.05) is 27.2 Å². The third kappa shape index (κ3) is 36.3. The number of nitrogens with two attached hydrogens (primary N) is 2. The van der Waals surface area contributed by atoms with Gasteiger partial charge in [-0.05, 0) is 6.42 Å². The summed E-state index contributed by atoms with van der Waals surface area (Å²) in [5.74, 6) is 5.21. The topological polar surface area (TPSA) is 180 Å². The van der Waals surface area contributed by atoms with Crippen molar-refractivity contribution < 1.29 is 42.7 Å². The molecule has 0 saturated heterocycles. The van der Waals surface area contributed by atoms with Crippen LogP contribution in [0.2, 0.25) is 0 Å². The van der Waals surface area contributed by atoms with E-state index in [0.29, 0.717) is 132 Å². The standard InChI is InChI=1S/C26H53N5O9.C2H6/c1-2-3-25(31-28)24-29-6-10-35-14-16-37-18-20-39-22-23-40-21-19-38-17-15-36-11-7-30-26(32)4-8-33-12-13-34-9-5-27;1-2/h24H,2-23,27-28H2,1H3,(H,30,32);1-2H3/b29-24?,31-25-;. The molecule has 0 aliphatic rings. The Bertz CT molecular complexity index is 602. The van der Waals surface area contributed by atoms with Gasteiger partial charge in [0.1, 0.15) is 0 Å². The van der Waals surface area contributed by atoms with E-state index in [2.05, 4.69) is 22.3 Å². The Kier molecular flexibility index (Phi) is 39.6. The molecule has 0 aliphatic heterocycles. The highest BCUT2D eigenvalue weighted by Crippen LogP contribution is 1.89. The van der Waals surface area contributed by atoms with Crippen molar-refractivity contribution in [3.05, 3.63) is 0 Å². The fourth-order valence-electron chi connectivity index (χ4n) is 2.83. The number of amides is 1. The van der Waals surface area contributed by atoms with Gasteiger partial charge in [0.2, 0.25) is 5.91 Å². The molecule has 0 heterocycles. The Morgan fingerprint density at radius 1 is 0.643 bits per heavy atom. The van der Waals surface area contributed by atoms with Gasteiger partial charge in [-0.3, -0.25) is 9.79 Å². The molecule has 250 valence electrons. The van der Waals surface area contributed by atoms with E-state index in [4.69, 9.17) is 49.5 Å². The Morgan fingerprint density at radius 2 is 1.07 bits per heavy atom. The van der Waals surface area contributed by atoms with E-state index < -0.39 is 0 Å². The Labute approximate surface area is 253 Å². The van der Waals surface area contributed by atoms with Crippen molar-refractivity contribution in [2.75, 3.05) is 125 Å². The lowest BCUT2D eigenvalue weighted by Gasteiger charge is -2.09. The second kappa shape index (κ2) is 39.2. The average molecular weight is 610 g/mol. The number of hydrogen-bond donors (Lipinski definition) is 3. The first kappa shape index (κ1) is 42.4. The molecule has 0 aromatic heterocycles. The summed E-state index contributed by atoms with van der Waals surface area (Å²) in [5, 5.41) is 6.45. The summed E-state index contributed by atoms with van der Waals surface area (Å²) in [6.07, 6.45) is 3.81. The van der Waals surface area contributed by atoms with Crippen LogP contribution in [0.25, 0.3) is 0 Å². The van der Waals surface area contributed by atoms with Crippen molar-refractivity contribution in [2.45, 2.75) is 40.0 Å². The van der Waals surface area contributed by atoms with Gasteiger partial charge in [0.05, 0.1) is 118 Å². The van der Waals surface area contributed by atoms with Gasteiger partial charge in [0.15, 0.2) is 0 Å². The van der Waals surface area contributed by atoms with E-state index in [1.807, 2.05) is 13.8 Å². The molecule has 5 N–H and O–H groups in total. The molecule has 0 saturated carbocycles. The molecular formula is C28H59N5O9. The van der Waals surface area contributed by atoms with Crippen LogP contribution in [-0.2, 0) is 42.7 Å². The Morgan fingerprint density at radius 3 is 1.52 bits per heavy atom. The summed E-state index contributed by atoms with van der Waals surface area (Å²) in [6.45, 7) is 15.2. The molecule has 0 atom stereocenters. The van der Waals surface area contributed by atoms with Gasteiger partial charge in [-0.25, -0.2) is 0 Å².